The largest absolute Gasteiger partial charge is 0.493 e. The van der Waals surface area contributed by atoms with Crippen LogP contribution in [0.1, 0.15) is 25.0 Å². The van der Waals surface area contributed by atoms with Crippen LogP contribution >= 0.6 is 0 Å². The molecule has 0 saturated carbocycles. The van der Waals surface area contributed by atoms with E-state index in [-0.39, 0.29) is 37.8 Å². The van der Waals surface area contributed by atoms with E-state index in [1.807, 2.05) is 98.8 Å². The highest BCUT2D eigenvalue weighted by atomic mass is 16.6. The second kappa shape index (κ2) is 16.8. The van der Waals surface area contributed by atoms with Crippen LogP contribution in [0.2, 0.25) is 0 Å². The summed E-state index contributed by atoms with van der Waals surface area (Å²) >= 11 is 0. The van der Waals surface area contributed by atoms with Gasteiger partial charge >= 0.3 is 18.0 Å². The van der Waals surface area contributed by atoms with E-state index in [9.17, 15) is 19.5 Å². The first-order valence-electron chi connectivity index (χ1n) is 15.2. The minimum absolute atomic E-state index is 0.00259. The van der Waals surface area contributed by atoms with Gasteiger partial charge in [-0.1, -0.05) is 111 Å². The van der Waals surface area contributed by atoms with Crippen LogP contribution in [0.3, 0.4) is 0 Å². The molecule has 0 aliphatic rings. The molecule has 0 spiro atoms. The van der Waals surface area contributed by atoms with E-state index in [0.717, 1.165) is 22.3 Å². The summed E-state index contributed by atoms with van der Waals surface area (Å²) in [7, 11) is 1.44. The molecule has 9 heteroatoms. The number of hydrogen-bond acceptors (Lipinski definition) is 7. The summed E-state index contributed by atoms with van der Waals surface area (Å²) in [5.41, 5.74) is 3.71. The Labute approximate surface area is 269 Å². The minimum atomic E-state index is -1.65. The van der Waals surface area contributed by atoms with E-state index < -0.39 is 30.1 Å². The molecule has 240 valence electrons. The van der Waals surface area contributed by atoms with E-state index in [1.165, 1.54) is 12.0 Å². The van der Waals surface area contributed by atoms with Crippen molar-refractivity contribution < 1.29 is 33.7 Å². The lowest BCUT2D eigenvalue weighted by molar-refractivity contribution is -0.147. The first-order chi connectivity index (χ1) is 22.2. The maximum atomic E-state index is 13.6. The standard InChI is InChI=1S/C37H40N2O7/c1-26(2)23-39(24-32(40)36(42)46-34-17-11-10-16-33(34)44-3)37(43)38-31(35(41)45-25-28-12-6-4-7-13-28)22-27-18-20-30(21-19-27)29-14-8-5-9-15-29/h4-21,26,31-32,40H,22-25H2,1-3H3,(H,38,43)/t31-,32?/m0/s1. The van der Waals surface area contributed by atoms with Gasteiger partial charge in [0.1, 0.15) is 12.6 Å². The molecular weight excluding hydrogens is 584 g/mol. The van der Waals surface area contributed by atoms with Crippen molar-refractivity contribution in [2.45, 2.75) is 39.0 Å². The summed E-state index contributed by atoms with van der Waals surface area (Å²) < 4.78 is 16.2. The molecule has 2 N–H and O–H groups in total. The quantitative estimate of drug-likeness (QED) is 0.138. The second-order valence-corrected chi connectivity index (χ2v) is 11.2. The van der Waals surface area contributed by atoms with Crippen LogP contribution in [0.4, 0.5) is 4.79 Å². The first-order valence-corrected chi connectivity index (χ1v) is 15.2. The van der Waals surface area contributed by atoms with Crippen LogP contribution in [0, 0.1) is 5.92 Å². The maximum Gasteiger partial charge on any atom is 0.342 e. The van der Waals surface area contributed by atoms with E-state index in [0.29, 0.717) is 5.75 Å². The number of aliphatic hydroxyl groups is 1. The lowest BCUT2D eigenvalue weighted by Crippen LogP contribution is -2.52. The van der Waals surface area contributed by atoms with E-state index in [2.05, 4.69) is 5.32 Å². The average molecular weight is 625 g/mol. The van der Waals surface area contributed by atoms with Crippen molar-refractivity contribution in [2.24, 2.45) is 5.92 Å². The summed E-state index contributed by atoms with van der Waals surface area (Å²) in [4.78, 5) is 41.1. The molecule has 4 aromatic carbocycles. The number of benzene rings is 4. The number of rotatable bonds is 14. The molecule has 4 aromatic rings. The van der Waals surface area contributed by atoms with Gasteiger partial charge in [-0.05, 0) is 40.3 Å². The second-order valence-electron chi connectivity index (χ2n) is 11.2. The Hall–Kier alpha value is -5.15. The summed E-state index contributed by atoms with van der Waals surface area (Å²) in [6.45, 7) is 3.71. The van der Waals surface area contributed by atoms with Crippen LogP contribution in [0.15, 0.2) is 109 Å². The van der Waals surface area contributed by atoms with Gasteiger partial charge in [0.15, 0.2) is 17.6 Å². The predicted octanol–water partition coefficient (Wildman–Crippen LogP) is 5.65. The van der Waals surface area contributed by atoms with Gasteiger partial charge in [0.25, 0.3) is 0 Å². The molecular formula is C37H40N2O7. The Kier molecular flexibility index (Phi) is 12.3. The topological polar surface area (TPSA) is 114 Å². The number of carbonyl (C=O) groups is 3. The molecule has 2 atom stereocenters. The number of aliphatic hydroxyl groups excluding tert-OH is 1. The van der Waals surface area contributed by atoms with Gasteiger partial charge in [0.2, 0.25) is 0 Å². The molecule has 0 heterocycles. The minimum Gasteiger partial charge on any atom is -0.493 e. The highest BCUT2D eigenvalue weighted by Crippen LogP contribution is 2.26. The number of carbonyl (C=O) groups excluding carboxylic acids is 3. The first kappa shape index (κ1) is 33.7. The number of esters is 2. The fraction of sp³-hybridized carbons (Fsp3) is 0.270. The van der Waals surface area contributed by atoms with Crippen molar-refractivity contribution in [1.29, 1.82) is 0 Å². The third kappa shape index (κ3) is 9.93. The fourth-order valence-electron chi connectivity index (χ4n) is 4.81. The monoisotopic (exact) mass is 624 g/mol. The zero-order chi connectivity index (χ0) is 32.9. The van der Waals surface area contributed by atoms with Gasteiger partial charge in [-0.3, -0.25) is 0 Å². The Balaban J connectivity index is 1.49. The number of methoxy groups -OCH3 is 1. The van der Waals surface area contributed by atoms with Crippen LogP contribution in [0.25, 0.3) is 11.1 Å². The number of amides is 2. The molecule has 0 aromatic heterocycles. The van der Waals surface area contributed by atoms with Crippen LogP contribution in [0.5, 0.6) is 11.5 Å². The normalized spacial score (nSPS) is 12.1. The van der Waals surface area contributed by atoms with Crippen molar-refractivity contribution in [2.75, 3.05) is 20.2 Å². The van der Waals surface area contributed by atoms with Gasteiger partial charge in [-0.2, -0.15) is 0 Å². The fourth-order valence-corrected chi connectivity index (χ4v) is 4.81. The third-order valence-electron chi connectivity index (χ3n) is 7.12. The number of urea groups is 1. The zero-order valence-electron chi connectivity index (χ0n) is 26.3. The van der Waals surface area contributed by atoms with Crippen LogP contribution < -0.4 is 14.8 Å². The predicted molar refractivity (Wildman–Crippen MR) is 175 cm³/mol. The average Bonchev–Trinajstić information content (AvgIpc) is 3.07. The van der Waals surface area contributed by atoms with Crippen molar-refractivity contribution in [3.63, 3.8) is 0 Å². The summed E-state index contributed by atoms with van der Waals surface area (Å²) in [5, 5.41) is 13.5. The summed E-state index contributed by atoms with van der Waals surface area (Å²) in [6.07, 6.45) is -1.48. The van der Waals surface area contributed by atoms with Gasteiger partial charge in [0.05, 0.1) is 13.7 Å². The number of nitrogens with one attached hydrogen (secondary N) is 1. The van der Waals surface area contributed by atoms with Crippen molar-refractivity contribution in [3.05, 3.63) is 120 Å². The molecule has 0 aliphatic carbocycles. The molecule has 0 radical (unpaired) electrons. The van der Waals surface area contributed by atoms with Crippen molar-refractivity contribution in [3.8, 4) is 22.6 Å². The van der Waals surface area contributed by atoms with E-state index in [4.69, 9.17) is 14.2 Å². The molecule has 4 rings (SSSR count). The summed E-state index contributed by atoms with van der Waals surface area (Å²) in [6, 6.07) is 31.8. The number of hydrogen-bond donors (Lipinski definition) is 2. The summed E-state index contributed by atoms with van der Waals surface area (Å²) in [5.74, 6) is -1.08. The smallest absolute Gasteiger partial charge is 0.342 e. The lowest BCUT2D eigenvalue weighted by Gasteiger charge is -2.28. The van der Waals surface area contributed by atoms with Crippen LogP contribution in [-0.4, -0.2) is 60.3 Å². The van der Waals surface area contributed by atoms with Crippen molar-refractivity contribution >= 4 is 18.0 Å². The van der Waals surface area contributed by atoms with Gasteiger partial charge < -0.3 is 29.5 Å². The molecule has 0 fully saturated rings. The van der Waals surface area contributed by atoms with Gasteiger partial charge in [-0.15, -0.1) is 0 Å². The van der Waals surface area contributed by atoms with Crippen molar-refractivity contribution in [1.82, 2.24) is 10.2 Å². The molecule has 9 nitrogen and oxygen atoms in total. The Morgan fingerprint density at radius 2 is 1.30 bits per heavy atom. The molecule has 46 heavy (non-hydrogen) atoms. The Bertz CT molecular complexity index is 1560. The third-order valence-corrected chi connectivity index (χ3v) is 7.12. The van der Waals surface area contributed by atoms with E-state index >= 15 is 0 Å². The molecule has 2 amide bonds. The molecule has 1 unspecified atom stereocenters. The lowest BCUT2D eigenvalue weighted by atomic mass is 10.0. The van der Waals surface area contributed by atoms with E-state index in [1.54, 1.807) is 24.3 Å². The van der Waals surface area contributed by atoms with Crippen LogP contribution in [-0.2, 0) is 27.4 Å². The zero-order valence-corrected chi connectivity index (χ0v) is 26.3. The number of para-hydroxylation sites is 2. The van der Waals surface area contributed by atoms with Gasteiger partial charge in [-0.25, -0.2) is 14.4 Å². The molecule has 0 saturated heterocycles. The SMILES string of the molecule is COc1ccccc1OC(=O)C(O)CN(CC(C)C)C(=O)N[C@@H](Cc1ccc(-c2ccccc2)cc1)C(=O)OCc1ccccc1. The molecule has 0 bridgehead atoms. The highest BCUT2D eigenvalue weighted by molar-refractivity contribution is 5.85. The number of ether oxygens (including phenoxy) is 3. The molecule has 0 aliphatic heterocycles. The Morgan fingerprint density at radius 1 is 0.717 bits per heavy atom. The number of nitrogens with zero attached hydrogens (tertiary/aromatic N) is 1. The highest BCUT2D eigenvalue weighted by Gasteiger charge is 2.29. The Morgan fingerprint density at radius 3 is 1.93 bits per heavy atom. The maximum absolute atomic E-state index is 13.6. The van der Waals surface area contributed by atoms with Gasteiger partial charge in [0, 0.05) is 13.0 Å².